The molecule has 0 unspecified atom stereocenters. The Hall–Kier alpha value is -1.71. The molecule has 0 aliphatic heterocycles. The number of ether oxygens (including phenoxy) is 1. The second kappa shape index (κ2) is 7.34. The third kappa shape index (κ3) is 4.38. The number of nitrogens with one attached hydrogen (secondary N) is 2. The highest BCUT2D eigenvalue weighted by molar-refractivity contribution is 7.18. The van der Waals surface area contributed by atoms with Crippen molar-refractivity contribution in [2.45, 2.75) is 13.5 Å². The minimum absolute atomic E-state index is 0.229. The van der Waals surface area contributed by atoms with E-state index in [1.54, 1.807) is 7.11 Å². The number of nitrogens with two attached hydrogens (primary N) is 1. The fourth-order valence-corrected chi connectivity index (χ4v) is 3.09. The molecule has 7 nitrogen and oxygen atoms in total. The summed E-state index contributed by atoms with van der Waals surface area (Å²) in [5.74, 6) is -0.00891. The average molecular weight is 327 g/mol. The van der Waals surface area contributed by atoms with E-state index < -0.39 is 0 Å². The summed E-state index contributed by atoms with van der Waals surface area (Å²) in [6.07, 6.45) is 0. The maximum absolute atomic E-state index is 12.1. The Morgan fingerprint density at radius 1 is 1.48 bits per heavy atom. The van der Waals surface area contributed by atoms with Crippen LogP contribution >= 0.6 is 22.7 Å². The number of aromatic nitrogens is 2. The van der Waals surface area contributed by atoms with Crippen molar-refractivity contribution in [2.24, 2.45) is 0 Å². The first-order valence-electron chi connectivity index (χ1n) is 6.28. The average Bonchev–Trinajstić information content (AvgIpc) is 3.03. The van der Waals surface area contributed by atoms with Gasteiger partial charge in [0, 0.05) is 24.7 Å². The van der Waals surface area contributed by atoms with Gasteiger partial charge in [-0.3, -0.25) is 4.79 Å². The first kappa shape index (κ1) is 15.7. The maximum Gasteiger partial charge on any atom is 0.265 e. The van der Waals surface area contributed by atoms with Gasteiger partial charge >= 0.3 is 0 Å². The van der Waals surface area contributed by atoms with Gasteiger partial charge in [0.15, 0.2) is 5.13 Å². The van der Waals surface area contributed by atoms with Gasteiger partial charge in [0.05, 0.1) is 13.2 Å². The molecule has 2 aromatic rings. The van der Waals surface area contributed by atoms with Gasteiger partial charge in [0.25, 0.3) is 5.91 Å². The lowest BCUT2D eigenvalue weighted by Gasteiger charge is -2.01. The molecule has 2 heterocycles. The molecule has 2 aromatic heterocycles. The number of carbonyl (C=O) groups excluding carboxylic acids is 1. The third-order valence-corrected chi connectivity index (χ3v) is 4.50. The second-order valence-corrected chi connectivity index (χ2v) is 6.16. The van der Waals surface area contributed by atoms with Crippen LogP contribution in [0.4, 0.5) is 10.9 Å². The van der Waals surface area contributed by atoms with Gasteiger partial charge in [0.2, 0.25) is 0 Å². The summed E-state index contributed by atoms with van der Waals surface area (Å²) in [5.41, 5.74) is 6.72. The zero-order chi connectivity index (χ0) is 15.2. The number of amides is 1. The molecule has 0 spiro atoms. The van der Waals surface area contributed by atoms with E-state index in [0.717, 1.165) is 10.7 Å². The van der Waals surface area contributed by atoms with Crippen molar-refractivity contribution in [3.05, 3.63) is 21.0 Å². The van der Waals surface area contributed by atoms with E-state index >= 15 is 0 Å². The van der Waals surface area contributed by atoms with Crippen LogP contribution in [0.5, 0.6) is 0 Å². The van der Waals surface area contributed by atoms with Crippen LogP contribution in [-0.2, 0) is 11.3 Å². The van der Waals surface area contributed by atoms with Crippen molar-refractivity contribution in [3.63, 3.8) is 0 Å². The van der Waals surface area contributed by atoms with Gasteiger partial charge in [-0.25, -0.2) is 9.97 Å². The van der Waals surface area contributed by atoms with Crippen molar-refractivity contribution >= 4 is 39.5 Å². The zero-order valence-electron chi connectivity index (χ0n) is 11.8. The van der Waals surface area contributed by atoms with Gasteiger partial charge < -0.3 is 21.1 Å². The summed E-state index contributed by atoms with van der Waals surface area (Å²) in [6, 6.07) is 0. The number of methoxy groups -OCH3 is 1. The molecular formula is C12H17N5O2S2. The Morgan fingerprint density at radius 3 is 2.95 bits per heavy atom. The molecule has 4 N–H and O–H groups in total. The van der Waals surface area contributed by atoms with E-state index in [2.05, 4.69) is 20.6 Å². The number of anilines is 2. The fourth-order valence-electron chi connectivity index (χ4n) is 1.55. The molecule has 0 bridgehead atoms. The second-order valence-electron chi connectivity index (χ2n) is 4.22. The highest BCUT2D eigenvalue weighted by atomic mass is 32.1. The van der Waals surface area contributed by atoms with Crippen LogP contribution in [0, 0.1) is 6.92 Å². The Labute approximate surface area is 130 Å². The van der Waals surface area contributed by atoms with Crippen LogP contribution in [-0.4, -0.2) is 36.1 Å². The summed E-state index contributed by atoms with van der Waals surface area (Å²) in [5, 5.41) is 9.27. The van der Waals surface area contributed by atoms with Gasteiger partial charge in [-0.1, -0.05) is 11.3 Å². The van der Waals surface area contributed by atoms with E-state index in [0.29, 0.717) is 29.7 Å². The number of hydrogen-bond acceptors (Lipinski definition) is 8. The molecule has 0 atom stereocenters. The Balaban J connectivity index is 1.92. The normalized spacial score (nSPS) is 10.6. The van der Waals surface area contributed by atoms with Gasteiger partial charge in [-0.2, -0.15) is 0 Å². The minimum Gasteiger partial charge on any atom is -0.383 e. The molecule has 0 aliphatic rings. The number of thiazole rings is 2. The van der Waals surface area contributed by atoms with Gasteiger partial charge in [-0.15, -0.1) is 11.3 Å². The van der Waals surface area contributed by atoms with E-state index in [4.69, 9.17) is 10.5 Å². The topological polar surface area (TPSA) is 102 Å². The lowest BCUT2D eigenvalue weighted by Crippen LogP contribution is -2.22. The first-order chi connectivity index (χ1) is 10.1. The molecule has 21 heavy (non-hydrogen) atoms. The minimum atomic E-state index is -0.238. The molecule has 2 rings (SSSR count). The maximum atomic E-state index is 12.1. The number of nitrogens with zero attached hydrogens (tertiary/aromatic N) is 2. The summed E-state index contributed by atoms with van der Waals surface area (Å²) in [7, 11) is 1.62. The summed E-state index contributed by atoms with van der Waals surface area (Å²) in [4.78, 5) is 20.9. The van der Waals surface area contributed by atoms with E-state index in [-0.39, 0.29) is 11.7 Å². The lowest BCUT2D eigenvalue weighted by molar-refractivity contribution is 0.0955. The zero-order valence-corrected chi connectivity index (χ0v) is 13.4. The van der Waals surface area contributed by atoms with E-state index in [1.807, 2.05) is 12.3 Å². The largest absolute Gasteiger partial charge is 0.383 e. The molecule has 0 aromatic carbocycles. The number of aryl methyl sites for hydroxylation is 1. The molecule has 0 fully saturated rings. The molecule has 114 valence electrons. The molecule has 1 amide bonds. The van der Waals surface area contributed by atoms with Crippen LogP contribution < -0.4 is 16.4 Å². The predicted octanol–water partition coefficient (Wildman–Crippen LogP) is 1.48. The van der Waals surface area contributed by atoms with Crippen LogP contribution in [0.1, 0.15) is 20.4 Å². The molecular weight excluding hydrogens is 310 g/mol. The number of hydrogen-bond donors (Lipinski definition) is 3. The summed E-state index contributed by atoms with van der Waals surface area (Å²) in [6.45, 7) is 3.48. The molecule has 0 saturated carbocycles. The van der Waals surface area contributed by atoms with E-state index in [1.165, 1.54) is 22.7 Å². The lowest BCUT2D eigenvalue weighted by atomic mass is 10.4. The van der Waals surface area contributed by atoms with Crippen LogP contribution in [0.25, 0.3) is 0 Å². The van der Waals surface area contributed by atoms with Crippen molar-refractivity contribution in [3.8, 4) is 0 Å². The molecule has 9 heteroatoms. The summed E-state index contributed by atoms with van der Waals surface area (Å²) >= 11 is 2.74. The number of carbonyl (C=O) groups is 1. The number of nitrogen functional groups attached to an aromatic ring is 1. The predicted molar refractivity (Wildman–Crippen MR) is 84.9 cm³/mol. The van der Waals surface area contributed by atoms with Crippen LogP contribution in [0.15, 0.2) is 5.38 Å². The quantitative estimate of drug-likeness (QED) is 0.666. The Morgan fingerprint density at radius 2 is 2.29 bits per heavy atom. The monoisotopic (exact) mass is 327 g/mol. The third-order valence-electron chi connectivity index (χ3n) is 2.51. The first-order valence-corrected chi connectivity index (χ1v) is 7.98. The van der Waals surface area contributed by atoms with Crippen molar-refractivity contribution in [1.29, 1.82) is 0 Å². The van der Waals surface area contributed by atoms with E-state index in [9.17, 15) is 4.79 Å². The highest BCUT2D eigenvalue weighted by Crippen LogP contribution is 2.24. The van der Waals surface area contributed by atoms with Gasteiger partial charge in [-0.05, 0) is 6.92 Å². The van der Waals surface area contributed by atoms with Gasteiger partial charge in [0.1, 0.15) is 15.7 Å². The number of rotatable bonds is 7. The van der Waals surface area contributed by atoms with Crippen LogP contribution in [0.3, 0.4) is 0 Å². The molecule has 0 radical (unpaired) electrons. The smallest absolute Gasteiger partial charge is 0.265 e. The fraction of sp³-hybridized carbons (Fsp3) is 0.417. The molecule has 0 aliphatic carbocycles. The SMILES string of the molecule is COCCNc1nc(N)c(C(=O)NCc2nc(C)cs2)s1. The Kier molecular flexibility index (Phi) is 5.48. The Bertz CT molecular complexity index is 611. The van der Waals surface area contributed by atoms with Crippen molar-refractivity contribution in [2.75, 3.05) is 31.3 Å². The van der Waals surface area contributed by atoms with Crippen molar-refractivity contribution in [1.82, 2.24) is 15.3 Å². The molecule has 0 saturated heterocycles. The summed E-state index contributed by atoms with van der Waals surface area (Å²) < 4.78 is 4.94. The van der Waals surface area contributed by atoms with Crippen molar-refractivity contribution < 1.29 is 9.53 Å². The highest BCUT2D eigenvalue weighted by Gasteiger charge is 2.16. The standard InChI is InChI=1S/C12H17N5O2S2/c1-7-6-20-8(16-7)5-15-11(18)9-10(13)17-12(21-9)14-3-4-19-2/h6H,3-5,13H2,1-2H3,(H,14,17)(H,15,18). The van der Waals surface area contributed by atoms with Crippen LogP contribution in [0.2, 0.25) is 0 Å².